The van der Waals surface area contributed by atoms with Crippen molar-refractivity contribution < 1.29 is 28.5 Å². The summed E-state index contributed by atoms with van der Waals surface area (Å²) in [7, 11) is 0. The predicted octanol–water partition coefficient (Wildman–Crippen LogP) is 6.11. The van der Waals surface area contributed by atoms with Gasteiger partial charge in [0, 0.05) is 42.1 Å². The average Bonchev–Trinajstić information content (AvgIpc) is 3.64. The molecule has 1 fully saturated rings. The van der Waals surface area contributed by atoms with E-state index in [0.29, 0.717) is 36.8 Å². The molecule has 3 aromatic rings. The number of aryl methyl sites for hydroxylation is 2. The van der Waals surface area contributed by atoms with E-state index >= 15 is 4.39 Å². The summed E-state index contributed by atoms with van der Waals surface area (Å²) in [6.45, 7) is 5.97. The first-order valence-electron chi connectivity index (χ1n) is 13.7. The van der Waals surface area contributed by atoms with Crippen LogP contribution >= 0.6 is 0 Å². The molecule has 2 aliphatic heterocycles. The lowest BCUT2D eigenvalue weighted by molar-refractivity contribution is -0.137. The number of nitrogens with zero attached hydrogens (tertiary/aromatic N) is 1. The number of anilines is 1. The number of carboxylic acid groups (broad SMARTS) is 1. The van der Waals surface area contributed by atoms with Gasteiger partial charge in [-0.3, -0.25) is 4.79 Å². The molecule has 7 nitrogen and oxygen atoms in total. The quantitative estimate of drug-likeness (QED) is 0.362. The molecule has 1 aromatic heterocycles. The minimum atomic E-state index is -0.815. The van der Waals surface area contributed by atoms with Gasteiger partial charge in [0.15, 0.2) is 0 Å². The lowest BCUT2D eigenvalue weighted by Crippen LogP contribution is -2.15. The number of hydrogen-bond donors (Lipinski definition) is 2. The maximum Gasteiger partial charge on any atom is 0.303 e. The number of hydrogen-bond acceptors (Lipinski definition) is 6. The fourth-order valence-electron chi connectivity index (χ4n) is 6.26. The number of halogens is 1. The Morgan fingerprint density at radius 2 is 2.00 bits per heavy atom. The molecule has 0 saturated carbocycles. The molecule has 0 bridgehead atoms. The summed E-state index contributed by atoms with van der Waals surface area (Å²) in [5, 5.41) is 12.4. The molecule has 204 valence electrons. The summed E-state index contributed by atoms with van der Waals surface area (Å²) in [4.78, 5) is 15.5. The molecule has 3 heterocycles. The second kappa shape index (κ2) is 10.5. The Kier molecular flexibility index (Phi) is 6.89. The molecular weight excluding hydrogens is 499 g/mol. The molecule has 0 amide bonds. The predicted molar refractivity (Wildman–Crippen MR) is 145 cm³/mol. The van der Waals surface area contributed by atoms with Crippen molar-refractivity contribution >= 4 is 11.8 Å². The summed E-state index contributed by atoms with van der Waals surface area (Å²) in [5.74, 6) is 1.18. The fraction of sp³-hybridized carbons (Fsp3) is 0.419. The van der Waals surface area contributed by atoms with Crippen LogP contribution in [0.2, 0.25) is 0 Å². The summed E-state index contributed by atoms with van der Waals surface area (Å²) < 4.78 is 32.7. The molecule has 39 heavy (non-hydrogen) atoms. The van der Waals surface area contributed by atoms with Gasteiger partial charge in [-0.15, -0.1) is 0 Å². The van der Waals surface area contributed by atoms with Crippen LogP contribution in [0.5, 0.6) is 11.5 Å². The number of carbonyl (C=O) groups is 1. The Morgan fingerprint density at radius 1 is 1.18 bits per heavy atom. The van der Waals surface area contributed by atoms with Crippen LogP contribution in [0.1, 0.15) is 65.5 Å². The maximum absolute atomic E-state index is 15.3. The van der Waals surface area contributed by atoms with Crippen molar-refractivity contribution in [2.75, 3.05) is 25.1 Å². The van der Waals surface area contributed by atoms with E-state index in [2.05, 4.69) is 36.3 Å². The molecule has 6 rings (SSSR count). The molecule has 0 unspecified atom stereocenters. The standard InChI is InChI=1S/C31H33FN2O5/c1-17-11-21(39-20-9-10-37-16-20)12-18(2)30(17)22-4-6-25(32)31-23(22)5-7-26(31)34-28-13-27-24(14-33-28)19(15-38-27)3-8-29(35)36/h4,6,11-14,19-20,26H,3,5,7-10,15-16H2,1-2H3,(H,33,34)(H,35,36)/t19-,20+,26-/m1/s1. The van der Waals surface area contributed by atoms with Gasteiger partial charge in [0.25, 0.3) is 0 Å². The number of aromatic nitrogens is 1. The van der Waals surface area contributed by atoms with Crippen molar-refractivity contribution in [3.63, 3.8) is 0 Å². The van der Waals surface area contributed by atoms with Crippen molar-refractivity contribution in [1.82, 2.24) is 4.98 Å². The van der Waals surface area contributed by atoms with Gasteiger partial charge in [-0.2, -0.15) is 0 Å². The first-order chi connectivity index (χ1) is 18.9. The van der Waals surface area contributed by atoms with E-state index in [1.54, 1.807) is 12.3 Å². The largest absolute Gasteiger partial charge is 0.492 e. The lowest BCUT2D eigenvalue weighted by Gasteiger charge is -2.20. The van der Waals surface area contributed by atoms with Gasteiger partial charge in [0.1, 0.15) is 29.2 Å². The molecule has 2 aromatic carbocycles. The van der Waals surface area contributed by atoms with Crippen molar-refractivity contribution in [3.8, 4) is 22.6 Å². The second-order valence-corrected chi connectivity index (χ2v) is 10.8. The van der Waals surface area contributed by atoms with E-state index in [4.69, 9.17) is 19.3 Å². The van der Waals surface area contributed by atoms with Crippen LogP contribution in [0.4, 0.5) is 10.2 Å². The number of ether oxygens (including phenoxy) is 3. The number of rotatable bonds is 8. The number of benzene rings is 2. The van der Waals surface area contributed by atoms with Crippen LogP contribution in [0.15, 0.2) is 36.5 Å². The van der Waals surface area contributed by atoms with Crippen molar-refractivity contribution in [3.05, 3.63) is 70.2 Å². The maximum atomic E-state index is 15.3. The van der Waals surface area contributed by atoms with Crippen molar-refractivity contribution in [2.45, 2.75) is 64.0 Å². The second-order valence-electron chi connectivity index (χ2n) is 10.8. The summed E-state index contributed by atoms with van der Waals surface area (Å²) in [6.07, 6.45) is 4.87. The van der Waals surface area contributed by atoms with Gasteiger partial charge in [-0.25, -0.2) is 9.37 Å². The highest BCUT2D eigenvalue weighted by Gasteiger charge is 2.31. The van der Waals surface area contributed by atoms with Gasteiger partial charge in [0.05, 0.1) is 25.9 Å². The van der Waals surface area contributed by atoms with E-state index in [1.165, 1.54) is 0 Å². The minimum Gasteiger partial charge on any atom is -0.492 e. The van der Waals surface area contributed by atoms with Crippen molar-refractivity contribution in [2.24, 2.45) is 0 Å². The van der Waals surface area contributed by atoms with Crippen LogP contribution in [-0.4, -0.2) is 42.0 Å². The zero-order valence-corrected chi connectivity index (χ0v) is 22.3. The zero-order chi connectivity index (χ0) is 27.1. The van der Waals surface area contributed by atoms with E-state index in [1.807, 2.05) is 12.1 Å². The molecule has 2 N–H and O–H groups in total. The number of fused-ring (bicyclic) bond motifs is 2. The fourth-order valence-corrected chi connectivity index (χ4v) is 6.26. The third kappa shape index (κ3) is 5.05. The summed E-state index contributed by atoms with van der Waals surface area (Å²) in [6, 6.07) is 9.24. The van der Waals surface area contributed by atoms with Crippen LogP contribution in [-0.2, 0) is 16.0 Å². The minimum absolute atomic E-state index is 0.0274. The van der Waals surface area contributed by atoms with Gasteiger partial charge < -0.3 is 24.6 Å². The van der Waals surface area contributed by atoms with Crippen LogP contribution in [0.25, 0.3) is 11.1 Å². The van der Waals surface area contributed by atoms with Gasteiger partial charge >= 0.3 is 5.97 Å². The smallest absolute Gasteiger partial charge is 0.303 e. The molecule has 3 aliphatic rings. The lowest BCUT2D eigenvalue weighted by atomic mass is 9.90. The molecule has 1 aliphatic carbocycles. The Hall–Kier alpha value is -3.65. The number of carboxylic acids is 1. The number of aliphatic carboxylic acids is 1. The van der Waals surface area contributed by atoms with E-state index < -0.39 is 5.97 Å². The van der Waals surface area contributed by atoms with Crippen LogP contribution in [0, 0.1) is 19.7 Å². The van der Waals surface area contributed by atoms with Crippen LogP contribution < -0.4 is 14.8 Å². The normalized spacial score (nSPS) is 21.4. The number of pyridine rings is 1. The van der Waals surface area contributed by atoms with Gasteiger partial charge in [0.2, 0.25) is 0 Å². The highest BCUT2D eigenvalue weighted by Crippen LogP contribution is 2.44. The monoisotopic (exact) mass is 532 g/mol. The molecule has 8 heteroatoms. The Bertz CT molecular complexity index is 1400. The first-order valence-corrected chi connectivity index (χ1v) is 13.7. The highest BCUT2D eigenvalue weighted by atomic mass is 19.1. The van der Waals surface area contributed by atoms with E-state index in [0.717, 1.165) is 65.0 Å². The molecule has 0 radical (unpaired) electrons. The average molecular weight is 533 g/mol. The Balaban J connectivity index is 1.24. The molecule has 0 spiro atoms. The third-order valence-electron chi connectivity index (χ3n) is 8.11. The van der Waals surface area contributed by atoms with Crippen LogP contribution in [0.3, 0.4) is 0 Å². The summed E-state index contributed by atoms with van der Waals surface area (Å²) >= 11 is 0. The molecular formula is C31H33FN2O5. The summed E-state index contributed by atoms with van der Waals surface area (Å²) in [5.41, 5.74) is 7.04. The topological polar surface area (TPSA) is 89.9 Å². The molecule has 3 atom stereocenters. The third-order valence-corrected chi connectivity index (χ3v) is 8.11. The Morgan fingerprint density at radius 3 is 2.74 bits per heavy atom. The highest BCUT2D eigenvalue weighted by molar-refractivity contribution is 5.77. The zero-order valence-electron chi connectivity index (χ0n) is 22.3. The van der Waals surface area contributed by atoms with E-state index in [9.17, 15) is 4.79 Å². The van der Waals surface area contributed by atoms with Gasteiger partial charge in [-0.1, -0.05) is 6.07 Å². The molecule has 1 saturated heterocycles. The van der Waals surface area contributed by atoms with E-state index in [-0.39, 0.29) is 30.3 Å². The first kappa shape index (κ1) is 25.6. The van der Waals surface area contributed by atoms with Crippen molar-refractivity contribution in [1.29, 1.82) is 0 Å². The Labute approximate surface area is 227 Å². The SMILES string of the molecule is Cc1cc(O[C@H]2CCOC2)cc(C)c1-c1ccc(F)c2c1CC[C@H]2Nc1cc2c(cn1)[C@H](CCC(=O)O)CO2. The van der Waals surface area contributed by atoms with Gasteiger partial charge in [-0.05, 0) is 79.1 Å². The number of nitrogens with one attached hydrogen (secondary N) is 1.